The van der Waals surface area contributed by atoms with E-state index in [2.05, 4.69) is 38.4 Å². The second-order valence-corrected chi connectivity index (χ2v) is 5.27. The molecule has 0 bridgehead atoms. The molecule has 2 unspecified atom stereocenters. The third kappa shape index (κ3) is 1.77. The van der Waals surface area contributed by atoms with Gasteiger partial charge < -0.3 is 5.32 Å². The van der Waals surface area contributed by atoms with Crippen molar-refractivity contribution in [1.82, 2.24) is 10.2 Å². The molecule has 1 aliphatic carbocycles. The van der Waals surface area contributed by atoms with E-state index in [9.17, 15) is 0 Å². The summed E-state index contributed by atoms with van der Waals surface area (Å²) in [5.74, 6) is 0.854. The molecule has 1 N–H and O–H groups in total. The first kappa shape index (κ1) is 8.44. The zero-order chi connectivity index (χ0) is 8.55. The van der Waals surface area contributed by atoms with Gasteiger partial charge in [0.05, 0.1) is 0 Å². The number of halogens is 1. The van der Waals surface area contributed by atoms with Crippen LogP contribution in [0.2, 0.25) is 0 Å². The lowest BCUT2D eigenvalue weighted by atomic mass is 10.3. The molecular formula is C7H10BrN3S. The van der Waals surface area contributed by atoms with Crippen molar-refractivity contribution in [2.45, 2.75) is 25.8 Å². The second-order valence-electron chi connectivity index (χ2n) is 3.02. The predicted molar refractivity (Wildman–Crippen MR) is 53.4 cm³/mol. The summed E-state index contributed by atoms with van der Waals surface area (Å²) in [6.07, 6.45) is 2.55. The third-order valence-electron chi connectivity index (χ3n) is 2.16. The van der Waals surface area contributed by atoms with Crippen LogP contribution in [0.3, 0.4) is 0 Å². The van der Waals surface area contributed by atoms with Crippen LogP contribution in [0.25, 0.3) is 0 Å². The molecule has 0 radical (unpaired) electrons. The van der Waals surface area contributed by atoms with Crippen LogP contribution in [0.4, 0.5) is 5.13 Å². The maximum Gasteiger partial charge on any atom is 0.206 e. The molecule has 0 amide bonds. The normalized spacial score (nSPS) is 27.2. The van der Waals surface area contributed by atoms with Crippen LogP contribution >= 0.6 is 27.3 Å². The summed E-state index contributed by atoms with van der Waals surface area (Å²) in [5, 5.41) is 12.1. The highest BCUT2D eigenvalue weighted by Gasteiger charge is 2.35. The highest BCUT2D eigenvalue weighted by molar-refractivity contribution is 9.11. The van der Waals surface area contributed by atoms with Gasteiger partial charge in [0.15, 0.2) is 3.92 Å². The van der Waals surface area contributed by atoms with Crippen molar-refractivity contribution in [1.29, 1.82) is 0 Å². The van der Waals surface area contributed by atoms with Crippen LogP contribution in [0, 0.1) is 5.92 Å². The molecule has 12 heavy (non-hydrogen) atoms. The molecule has 66 valence electrons. The molecule has 1 aliphatic rings. The van der Waals surface area contributed by atoms with Crippen molar-refractivity contribution >= 4 is 32.4 Å². The third-order valence-corrected chi connectivity index (χ3v) is 3.44. The predicted octanol–water partition coefficient (Wildman–Crippen LogP) is 2.51. The van der Waals surface area contributed by atoms with Gasteiger partial charge in [-0.15, -0.1) is 10.2 Å². The van der Waals surface area contributed by atoms with Crippen LogP contribution < -0.4 is 5.32 Å². The Bertz CT molecular complexity index is 275. The van der Waals surface area contributed by atoms with E-state index in [0.29, 0.717) is 6.04 Å². The zero-order valence-corrected chi connectivity index (χ0v) is 9.15. The summed E-state index contributed by atoms with van der Waals surface area (Å²) < 4.78 is 0.846. The number of nitrogens with zero attached hydrogens (tertiary/aromatic N) is 2. The molecule has 1 aromatic heterocycles. The average Bonchev–Trinajstić information content (AvgIpc) is 2.67. The average molecular weight is 248 g/mol. The molecule has 3 nitrogen and oxygen atoms in total. The Morgan fingerprint density at radius 3 is 3.00 bits per heavy atom. The van der Waals surface area contributed by atoms with Gasteiger partial charge >= 0.3 is 0 Å². The van der Waals surface area contributed by atoms with Gasteiger partial charge in [0.2, 0.25) is 5.13 Å². The van der Waals surface area contributed by atoms with E-state index < -0.39 is 0 Å². The minimum absolute atomic E-state index is 0.648. The molecule has 1 saturated carbocycles. The van der Waals surface area contributed by atoms with E-state index in [1.54, 1.807) is 11.3 Å². The molecule has 0 saturated heterocycles. The number of hydrogen-bond acceptors (Lipinski definition) is 4. The van der Waals surface area contributed by atoms with Crippen molar-refractivity contribution in [3.8, 4) is 0 Å². The summed E-state index contributed by atoms with van der Waals surface area (Å²) in [7, 11) is 0. The van der Waals surface area contributed by atoms with Crippen LogP contribution in [0.1, 0.15) is 19.8 Å². The lowest BCUT2D eigenvalue weighted by molar-refractivity contribution is 0.773. The van der Waals surface area contributed by atoms with Crippen molar-refractivity contribution in [3.63, 3.8) is 0 Å². The van der Waals surface area contributed by atoms with Crippen molar-refractivity contribution in [3.05, 3.63) is 3.92 Å². The van der Waals surface area contributed by atoms with Gasteiger partial charge in [-0.25, -0.2) is 0 Å². The maximum atomic E-state index is 3.98. The number of aromatic nitrogens is 2. The molecule has 0 aromatic carbocycles. The molecule has 1 aromatic rings. The van der Waals surface area contributed by atoms with Crippen LogP contribution in [-0.2, 0) is 0 Å². The lowest BCUT2D eigenvalue weighted by Gasteiger charge is -1.97. The summed E-state index contributed by atoms with van der Waals surface area (Å²) in [6.45, 7) is 2.22. The molecule has 2 rings (SSSR count). The van der Waals surface area contributed by atoms with Crippen LogP contribution in [-0.4, -0.2) is 16.2 Å². The molecule has 5 heteroatoms. The Hall–Kier alpha value is -0.160. The van der Waals surface area contributed by atoms with E-state index in [-0.39, 0.29) is 0 Å². The number of anilines is 1. The quantitative estimate of drug-likeness (QED) is 0.893. The minimum atomic E-state index is 0.648. The molecular weight excluding hydrogens is 238 g/mol. The Labute approximate surface area is 83.7 Å². The fourth-order valence-electron chi connectivity index (χ4n) is 1.30. The SMILES string of the molecule is CCC1CC1Nc1nnc(Br)s1. The largest absolute Gasteiger partial charge is 0.357 e. The molecule has 0 aliphatic heterocycles. The number of rotatable bonds is 3. The van der Waals surface area contributed by atoms with Gasteiger partial charge in [0.1, 0.15) is 0 Å². The second kappa shape index (κ2) is 3.30. The number of hydrogen-bond donors (Lipinski definition) is 1. The first-order chi connectivity index (χ1) is 5.79. The Morgan fingerprint density at radius 2 is 2.50 bits per heavy atom. The summed E-state index contributed by atoms with van der Waals surface area (Å²) in [5.41, 5.74) is 0. The smallest absolute Gasteiger partial charge is 0.206 e. The summed E-state index contributed by atoms with van der Waals surface area (Å²) in [4.78, 5) is 0. The first-order valence-electron chi connectivity index (χ1n) is 4.05. The van der Waals surface area contributed by atoms with Crippen molar-refractivity contribution < 1.29 is 0 Å². The monoisotopic (exact) mass is 247 g/mol. The van der Waals surface area contributed by atoms with E-state index in [1.807, 2.05) is 0 Å². The van der Waals surface area contributed by atoms with Crippen LogP contribution in [0.15, 0.2) is 3.92 Å². The van der Waals surface area contributed by atoms with Gasteiger partial charge in [0.25, 0.3) is 0 Å². The summed E-state index contributed by atoms with van der Waals surface area (Å²) >= 11 is 4.83. The Balaban J connectivity index is 1.89. The molecule has 1 heterocycles. The zero-order valence-electron chi connectivity index (χ0n) is 6.75. The topological polar surface area (TPSA) is 37.8 Å². The van der Waals surface area contributed by atoms with E-state index >= 15 is 0 Å². The summed E-state index contributed by atoms with van der Waals surface area (Å²) in [6, 6.07) is 0.648. The fraction of sp³-hybridized carbons (Fsp3) is 0.714. The minimum Gasteiger partial charge on any atom is -0.357 e. The van der Waals surface area contributed by atoms with Crippen molar-refractivity contribution in [2.75, 3.05) is 5.32 Å². The maximum absolute atomic E-state index is 3.98. The first-order valence-corrected chi connectivity index (χ1v) is 5.66. The fourth-order valence-corrected chi connectivity index (χ4v) is 2.37. The Kier molecular flexibility index (Phi) is 2.32. The van der Waals surface area contributed by atoms with Crippen molar-refractivity contribution in [2.24, 2.45) is 5.92 Å². The molecule has 2 atom stereocenters. The van der Waals surface area contributed by atoms with E-state index in [1.165, 1.54) is 12.8 Å². The van der Waals surface area contributed by atoms with E-state index in [4.69, 9.17) is 0 Å². The van der Waals surface area contributed by atoms with Crippen LogP contribution in [0.5, 0.6) is 0 Å². The number of nitrogens with one attached hydrogen (secondary N) is 1. The van der Waals surface area contributed by atoms with E-state index in [0.717, 1.165) is 15.0 Å². The van der Waals surface area contributed by atoms with Gasteiger partial charge in [-0.1, -0.05) is 24.7 Å². The highest BCUT2D eigenvalue weighted by atomic mass is 79.9. The molecule has 0 spiro atoms. The lowest BCUT2D eigenvalue weighted by Crippen LogP contribution is -2.03. The van der Waals surface area contributed by atoms with Gasteiger partial charge in [0, 0.05) is 6.04 Å². The van der Waals surface area contributed by atoms with Gasteiger partial charge in [-0.3, -0.25) is 0 Å². The standard InChI is InChI=1S/C7H10BrN3S/c1-2-4-3-5(4)9-7-11-10-6(8)12-7/h4-5H,2-3H2,1H3,(H,9,11). The highest BCUT2D eigenvalue weighted by Crippen LogP contribution is 2.36. The molecule has 1 fully saturated rings. The van der Waals surface area contributed by atoms with Gasteiger partial charge in [-0.2, -0.15) is 0 Å². The Morgan fingerprint density at radius 1 is 1.67 bits per heavy atom. The van der Waals surface area contributed by atoms with Gasteiger partial charge in [-0.05, 0) is 28.3 Å².